The van der Waals surface area contributed by atoms with Gasteiger partial charge in [-0.15, -0.1) is 0 Å². The van der Waals surface area contributed by atoms with Gasteiger partial charge in [-0.3, -0.25) is 0 Å². The van der Waals surface area contributed by atoms with Crippen molar-refractivity contribution in [3.63, 3.8) is 0 Å². The lowest BCUT2D eigenvalue weighted by Crippen LogP contribution is -1.98. The Kier molecular flexibility index (Phi) is 7.54. The molecule has 3 heteroatoms. The third kappa shape index (κ3) is 5.29. The summed E-state index contributed by atoms with van der Waals surface area (Å²) >= 11 is 0. The van der Waals surface area contributed by atoms with Crippen LogP contribution in [0.5, 0.6) is 0 Å². The van der Waals surface area contributed by atoms with E-state index in [1.807, 2.05) is 12.1 Å². The summed E-state index contributed by atoms with van der Waals surface area (Å²) in [6.45, 7) is 0. The molecule has 3 nitrogen and oxygen atoms in total. The van der Waals surface area contributed by atoms with Crippen molar-refractivity contribution in [1.29, 1.82) is 0 Å². The molecule has 12 rings (SSSR count). The molecular weight excluding hydrogens is 715 g/mol. The van der Waals surface area contributed by atoms with Crippen LogP contribution in [0.4, 0.5) is 0 Å². The second kappa shape index (κ2) is 13.4. The highest BCUT2D eigenvalue weighted by Gasteiger charge is 2.22. The van der Waals surface area contributed by atoms with Gasteiger partial charge in [-0.25, -0.2) is 9.97 Å². The number of nitrogens with zero attached hydrogens (tertiary/aromatic N) is 3. The first-order chi connectivity index (χ1) is 29.3. The Labute approximate surface area is 341 Å². The van der Waals surface area contributed by atoms with Crippen LogP contribution in [0.2, 0.25) is 0 Å². The summed E-state index contributed by atoms with van der Waals surface area (Å²) in [5.74, 6) is 0. The molecule has 2 aromatic heterocycles. The summed E-state index contributed by atoms with van der Waals surface area (Å²) in [6.07, 6.45) is 0. The van der Waals surface area contributed by atoms with Crippen LogP contribution in [0.25, 0.3) is 116 Å². The lowest BCUT2D eigenvalue weighted by atomic mass is 9.94. The molecule has 0 aliphatic heterocycles. The van der Waals surface area contributed by atoms with E-state index in [2.05, 4.69) is 205 Å². The fourth-order valence-corrected chi connectivity index (χ4v) is 9.30. The van der Waals surface area contributed by atoms with Gasteiger partial charge in [0.15, 0.2) is 0 Å². The SMILES string of the molecule is c1ccc(-c2nc3ccc(-c4ccc(-n5c6ccc7ccccc7c6c6c7ccccc7c(-c7ccccc7)cc65)c5ccccc45)cc3nc2-c2ccccc2)cc1. The third-order valence-corrected chi connectivity index (χ3v) is 12.0. The van der Waals surface area contributed by atoms with Crippen molar-refractivity contribution >= 4 is 65.2 Å². The van der Waals surface area contributed by atoms with Gasteiger partial charge in [-0.05, 0) is 79.5 Å². The minimum absolute atomic E-state index is 0.865. The van der Waals surface area contributed by atoms with Crippen LogP contribution < -0.4 is 0 Å². The van der Waals surface area contributed by atoms with E-state index >= 15 is 0 Å². The molecule has 12 aromatic rings. The van der Waals surface area contributed by atoms with Crippen LogP contribution in [-0.2, 0) is 0 Å². The van der Waals surface area contributed by atoms with Crippen molar-refractivity contribution in [3.05, 3.63) is 212 Å². The maximum Gasteiger partial charge on any atom is 0.0973 e. The zero-order chi connectivity index (χ0) is 38.9. The molecule has 0 atom stereocenters. The van der Waals surface area contributed by atoms with Crippen molar-refractivity contribution in [2.75, 3.05) is 0 Å². The zero-order valence-electron chi connectivity index (χ0n) is 32.0. The summed E-state index contributed by atoms with van der Waals surface area (Å²) in [6, 6.07) is 76.2. The van der Waals surface area contributed by atoms with Gasteiger partial charge in [-0.1, -0.05) is 182 Å². The van der Waals surface area contributed by atoms with E-state index in [-0.39, 0.29) is 0 Å². The van der Waals surface area contributed by atoms with Gasteiger partial charge in [0.2, 0.25) is 0 Å². The fraction of sp³-hybridized carbons (Fsp3) is 0. The van der Waals surface area contributed by atoms with Crippen molar-refractivity contribution in [1.82, 2.24) is 14.5 Å². The summed E-state index contributed by atoms with van der Waals surface area (Å²) in [4.78, 5) is 10.6. The highest BCUT2D eigenvalue weighted by Crippen LogP contribution is 2.45. The summed E-state index contributed by atoms with van der Waals surface area (Å²) in [5.41, 5.74) is 13.8. The molecule has 59 heavy (non-hydrogen) atoms. The van der Waals surface area contributed by atoms with Gasteiger partial charge in [-0.2, -0.15) is 0 Å². The Morgan fingerprint density at radius 2 is 0.847 bits per heavy atom. The third-order valence-electron chi connectivity index (χ3n) is 12.0. The Bertz CT molecular complexity index is 3590. The second-order valence-corrected chi connectivity index (χ2v) is 15.3. The van der Waals surface area contributed by atoms with Crippen molar-refractivity contribution < 1.29 is 0 Å². The van der Waals surface area contributed by atoms with Gasteiger partial charge in [0, 0.05) is 27.3 Å². The molecule has 0 aliphatic carbocycles. The number of benzene rings is 10. The quantitative estimate of drug-likeness (QED) is 0.175. The van der Waals surface area contributed by atoms with Crippen molar-refractivity contribution in [2.24, 2.45) is 0 Å². The Morgan fingerprint density at radius 3 is 1.54 bits per heavy atom. The Morgan fingerprint density at radius 1 is 0.305 bits per heavy atom. The maximum absolute atomic E-state index is 5.33. The van der Waals surface area contributed by atoms with Crippen LogP contribution in [-0.4, -0.2) is 14.5 Å². The van der Waals surface area contributed by atoms with Gasteiger partial charge < -0.3 is 4.57 Å². The Balaban J connectivity index is 1.11. The molecule has 0 saturated heterocycles. The highest BCUT2D eigenvalue weighted by atomic mass is 15.0. The average molecular weight is 750 g/mol. The number of hydrogen-bond acceptors (Lipinski definition) is 2. The van der Waals surface area contributed by atoms with Crippen LogP contribution in [0.3, 0.4) is 0 Å². The smallest absolute Gasteiger partial charge is 0.0973 e. The molecule has 0 aliphatic rings. The highest BCUT2D eigenvalue weighted by molar-refractivity contribution is 6.30. The number of rotatable bonds is 5. The van der Waals surface area contributed by atoms with E-state index in [4.69, 9.17) is 9.97 Å². The van der Waals surface area contributed by atoms with Gasteiger partial charge in [0.1, 0.15) is 0 Å². The van der Waals surface area contributed by atoms with E-state index < -0.39 is 0 Å². The molecule has 274 valence electrons. The molecular formula is C56H35N3. The predicted molar refractivity (Wildman–Crippen MR) is 248 cm³/mol. The minimum atomic E-state index is 0.865. The molecule has 0 saturated carbocycles. The van der Waals surface area contributed by atoms with Crippen LogP contribution in [0, 0.1) is 0 Å². The number of aromatic nitrogens is 3. The second-order valence-electron chi connectivity index (χ2n) is 15.3. The van der Waals surface area contributed by atoms with E-state index in [0.29, 0.717) is 0 Å². The topological polar surface area (TPSA) is 30.7 Å². The maximum atomic E-state index is 5.33. The first-order valence-corrected chi connectivity index (χ1v) is 20.2. The first-order valence-electron chi connectivity index (χ1n) is 20.2. The normalized spacial score (nSPS) is 11.7. The van der Waals surface area contributed by atoms with Crippen LogP contribution in [0.1, 0.15) is 0 Å². The standard InChI is InChI=1S/C56H35N3/c1-4-16-36(17-5-1)47-35-52-54(46-27-15-13-25-44(46)47)53-42-23-11-10-18-37(42)29-32-51(53)59(52)50-33-30-41(43-24-12-14-26-45(43)50)40-28-31-48-49(34-40)58-56(39-21-8-3-9-22-39)55(57-48)38-19-6-2-7-20-38/h1-35H. The average Bonchev–Trinajstić information content (AvgIpc) is 3.66. The fourth-order valence-electron chi connectivity index (χ4n) is 9.30. The van der Waals surface area contributed by atoms with E-state index in [0.717, 1.165) is 50.4 Å². The zero-order valence-corrected chi connectivity index (χ0v) is 32.0. The molecule has 0 bridgehead atoms. The lowest BCUT2D eigenvalue weighted by Gasteiger charge is -2.16. The predicted octanol–water partition coefficient (Wildman–Crippen LogP) is 14.9. The first kappa shape index (κ1) is 33.3. The van der Waals surface area contributed by atoms with E-state index in [1.165, 1.54) is 65.3 Å². The molecule has 0 spiro atoms. The van der Waals surface area contributed by atoms with Gasteiger partial charge in [0.05, 0.1) is 39.1 Å². The van der Waals surface area contributed by atoms with Gasteiger partial charge >= 0.3 is 0 Å². The summed E-state index contributed by atoms with van der Waals surface area (Å²) in [7, 11) is 0. The molecule has 0 unspecified atom stereocenters. The van der Waals surface area contributed by atoms with Crippen LogP contribution >= 0.6 is 0 Å². The summed E-state index contributed by atoms with van der Waals surface area (Å²) in [5, 5.41) is 9.92. The Hall–Kier alpha value is -7.88. The number of fused-ring (bicyclic) bond motifs is 9. The largest absolute Gasteiger partial charge is 0.309 e. The molecule has 0 fully saturated rings. The van der Waals surface area contributed by atoms with Crippen LogP contribution in [0.15, 0.2) is 212 Å². The lowest BCUT2D eigenvalue weighted by molar-refractivity contribution is 1.20. The minimum Gasteiger partial charge on any atom is -0.309 e. The van der Waals surface area contributed by atoms with Crippen molar-refractivity contribution in [3.8, 4) is 50.5 Å². The molecule has 2 heterocycles. The summed E-state index contributed by atoms with van der Waals surface area (Å²) < 4.78 is 2.51. The van der Waals surface area contributed by atoms with E-state index in [1.54, 1.807) is 0 Å². The van der Waals surface area contributed by atoms with E-state index in [9.17, 15) is 0 Å². The molecule has 0 radical (unpaired) electrons. The monoisotopic (exact) mass is 749 g/mol. The number of hydrogen-bond donors (Lipinski definition) is 0. The molecule has 0 N–H and O–H groups in total. The van der Waals surface area contributed by atoms with Gasteiger partial charge in [0.25, 0.3) is 0 Å². The molecule has 10 aromatic carbocycles. The molecule has 0 amide bonds. The van der Waals surface area contributed by atoms with Crippen molar-refractivity contribution in [2.45, 2.75) is 0 Å².